The zero-order valence-corrected chi connectivity index (χ0v) is 17.0. The van der Waals surface area contributed by atoms with Gasteiger partial charge in [-0.3, -0.25) is 0 Å². The van der Waals surface area contributed by atoms with Gasteiger partial charge >= 0.3 is 11.9 Å². The minimum atomic E-state index is -1.49. The second kappa shape index (κ2) is 7.38. The summed E-state index contributed by atoms with van der Waals surface area (Å²) in [5, 5.41) is 9.04. The van der Waals surface area contributed by atoms with Crippen molar-refractivity contribution >= 4 is 79.7 Å². The van der Waals surface area contributed by atoms with Gasteiger partial charge in [0.05, 0.1) is 5.56 Å². The van der Waals surface area contributed by atoms with E-state index in [9.17, 15) is 14.0 Å². The summed E-state index contributed by atoms with van der Waals surface area (Å²) in [5.41, 5.74) is -0.339. The SMILES string of the molecule is O=C(Oc1cccc(F)c1C(=O)O)c1c(I)cc(I)cc1I. The first-order valence-electron chi connectivity index (χ1n) is 5.69. The predicted molar refractivity (Wildman–Crippen MR) is 103 cm³/mol. The highest BCUT2D eigenvalue weighted by atomic mass is 127. The minimum absolute atomic E-state index is 0.317. The summed E-state index contributed by atoms with van der Waals surface area (Å²) in [6, 6.07) is 7.12. The van der Waals surface area contributed by atoms with E-state index < -0.39 is 23.3 Å². The molecule has 22 heavy (non-hydrogen) atoms. The largest absolute Gasteiger partial charge is 0.477 e. The van der Waals surface area contributed by atoms with Crippen LogP contribution in [0.2, 0.25) is 0 Å². The van der Waals surface area contributed by atoms with Crippen LogP contribution in [0.5, 0.6) is 5.75 Å². The van der Waals surface area contributed by atoms with Gasteiger partial charge in [-0.25, -0.2) is 14.0 Å². The van der Waals surface area contributed by atoms with Crippen LogP contribution in [-0.2, 0) is 0 Å². The van der Waals surface area contributed by atoms with Crippen LogP contribution < -0.4 is 4.74 Å². The molecule has 0 heterocycles. The fraction of sp³-hybridized carbons (Fsp3) is 0. The third-order valence-corrected chi connectivity index (χ3v) is 4.93. The van der Waals surface area contributed by atoms with E-state index in [1.165, 1.54) is 12.1 Å². The molecule has 2 rings (SSSR count). The van der Waals surface area contributed by atoms with Gasteiger partial charge < -0.3 is 9.84 Å². The smallest absolute Gasteiger partial charge is 0.345 e. The van der Waals surface area contributed by atoms with Crippen LogP contribution >= 0.6 is 67.8 Å². The first-order chi connectivity index (χ1) is 10.3. The van der Waals surface area contributed by atoms with E-state index in [2.05, 4.69) is 22.6 Å². The van der Waals surface area contributed by atoms with Crippen molar-refractivity contribution in [1.82, 2.24) is 0 Å². The molecule has 0 aliphatic heterocycles. The lowest BCUT2D eigenvalue weighted by Crippen LogP contribution is -2.15. The standard InChI is InChI=1S/C14H6FI3O4/c15-7-2-1-3-10(11(7)13(19)20)22-14(21)12-8(17)4-6(16)5-9(12)18/h1-5H,(H,19,20). The fourth-order valence-electron chi connectivity index (χ4n) is 1.69. The van der Waals surface area contributed by atoms with Gasteiger partial charge in [0.25, 0.3) is 0 Å². The molecule has 0 fully saturated rings. The Balaban J connectivity index is 2.43. The Morgan fingerprint density at radius 2 is 1.64 bits per heavy atom. The van der Waals surface area contributed by atoms with Crippen molar-refractivity contribution in [3.63, 3.8) is 0 Å². The molecular formula is C14H6FI3O4. The Morgan fingerprint density at radius 1 is 1.05 bits per heavy atom. The molecule has 4 nitrogen and oxygen atoms in total. The lowest BCUT2D eigenvalue weighted by atomic mass is 10.2. The van der Waals surface area contributed by atoms with Crippen LogP contribution in [0.15, 0.2) is 30.3 Å². The van der Waals surface area contributed by atoms with Crippen LogP contribution in [0.1, 0.15) is 20.7 Å². The summed E-state index contributed by atoms with van der Waals surface area (Å²) in [5.74, 6) is -3.49. The number of ether oxygens (including phenoxy) is 1. The number of carboxylic acids is 1. The van der Waals surface area contributed by atoms with Crippen molar-refractivity contribution in [2.45, 2.75) is 0 Å². The minimum Gasteiger partial charge on any atom is -0.477 e. The van der Waals surface area contributed by atoms with E-state index in [0.717, 1.165) is 9.64 Å². The Hall–Kier alpha value is -0.500. The molecule has 8 heteroatoms. The molecule has 0 aromatic heterocycles. The van der Waals surface area contributed by atoms with Gasteiger partial charge in [0.2, 0.25) is 0 Å². The molecule has 1 N–H and O–H groups in total. The lowest BCUT2D eigenvalue weighted by molar-refractivity contribution is 0.0675. The molecule has 0 atom stereocenters. The van der Waals surface area contributed by atoms with E-state index in [1.54, 1.807) is 12.1 Å². The first-order valence-corrected chi connectivity index (χ1v) is 8.93. The number of carbonyl (C=O) groups is 2. The summed E-state index contributed by atoms with van der Waals surface area (Å²) in [6.07, 6.45) is 0. The quantitative estimate of drug-likeness (QED) is 0.305. The first kappa shape index (κ1) is 17.8. The topological polar surface area (TPSA) is 63.6 Å². The maximum absolute atomic E-state index is 13.6. The average molecular weight is 638 g/mol. The molecular weight excluding hydrogens is 632 g/mol. The summed E-state index contributed by atoms with van der Waals surface area (Å²) in [7, 11) is 0. The molecule has 0 unspecified atom stereocenters. The van der Waals surface area contributed by atoms with Gasteiger partial charge in [-0.1, -0.05) is 6.07 Å². The summed E-state index contributed by atoms with van der Waals surface area (Å²) in [6.45, 7) is 0. The van der Waals surface area contributed by atoms with E-state index in [-0.39, 0.29) is 5.75 Å². The summed E-state index contributed by atoms with van der Waals surface area (Å²) in [4.78, 5) is 23.4. The number of esters is 1. The molecule has 0 spiro atoms. The number of hydrogen-bond donors (Lipinski definition) is 1. The maximum atomic E-state index is 13.6. The Bertz CT molecular complexity index is 754. The normalized spacial score (nSPS) is 10.4. The van der Waals surface area contributed by atoms with Gasteiger partial charge in [0.1, 0.15) is 17.1 Å². The molecule has 0 saturated carbocycles. The van der Waals surface area contributed by atoms with Crippen LogP contribution in [-0.4, -0.2) is 17.0 Å². The molecule has 114 valence electrons. The molecule has 0 aliphatic carbocycles. The fourth-order valence-corrected chi connectivity index (χ4v) is 5.71. The third kappa shape index (κ3) is 3.88. The number of benzene rings is 2. The van der Waals surface area contributed by atoms with E-state index in [1.807, 2.05) is 45.2 Å². The van der Waals surface area contributed by atoms with Crippen molar-refractivity contribution in [1.29, 1.82) is 0 Å². The number of rotatable bonds is 3. The zero-order chi connectivity index (χ0) is 16.4. The Labute approximate surface area is 165 Å². The number of halogens is 4. The van der Waals surface area contributed by atoms with Gasteiger partial charge in [0.15, 0.2) is 0 Å². The van der Waals surface area contributed by atoms with Crippen molar-refractivity contribution in [3.05, 3.63) is 58.0 Å². The van der Waals surface area contributed by atoms with Gasteiger partial charge in [-0.15, -0.1) is 0 Å². The van der Waals surface area contributed by atoms with Crippen molar-refractivity contribution in [2.75, 3.05) is 0 Å². The number of hydrogen-bond acceptors (Lipinski definition) is 3. The molecule has 0 amide bonds. The predicted octanol–water partition coefficient (Wildman–Crippen LogP) is 4.56. The second-order valence-corrected chi connectivity index (χ2v) is 7.62. The molecule has 0 saturated heterocycles. The number of carbonyl (C=O) groups excluding carboxylic acids is 1. The Kier molecular flexibility index (Phi) is 5.99. The van der Waals surface area contributed by atoms with Crippen molar-refractivity contribution in [2.24, 2.45) is 0 Å². The van der Waals surface area contributed by atoms with Crippen LogP contribution in [0, 0.1) is 16.5 Å². The molecule has 0 bridgehead atoms. The number of carboxylic acid groups (broad SMARTS) is 1. The molecule has 0 radical (unpaired) electrons. The van der Waals surface area contributed by atoms with E-state index >= 15 is 0 Å². The van der Waals surface area contributed by atoms with Gasteiger partial charge in [-0.2, -0.15) is 0 Å². The molecule has 0 aliphatic rings. The monoisotopic (exact) mass is 638 g/mol. The zero-order valence-electron chi connectivity index (χ0n) is 10.6. The third-order valence-electron chi connectivity index (χ3n) is 2.60. The van der Waals surface area contributed by atoms with Gasteiger partial charge in [0, 0.05) is 10.7 Å². The highest BCUT2D eigenvalue weighted by Crippen LogP contribution is 2.26. The highest BCUT2D eigenvalue weighted by molar-refractivity contribution is 14.1. The van der Waals surface area contributed by atoms with Crippen molar-refractivity contribution < 1.29 is 23.8 Å². The van der Waals surface area contributed by atoms with Crippen LogP contribution in [0.25, 0.3) is 0 Å². The van der Waals surface area contributed by atoms with Crippen LogP contribution in [0.3, 0.4) is 0 Å². The van der Waals surface area contributed by atoms with E-state index in [0.29, 0.717) is 12.7 Å². The number of aromatic carboxylic acids is 1. The Morgan fingerprint density at radius 3 is 2.18 bits per heavy atom. The summed E-state index contributed by atoms with van der Waals surface area (Å²) >= 11 is 6.12. The van der Waals surface area contributed by atoms with E-state index in [4.69, 9.17) is 9.84 Å². The maximum Gasteiger partial charge on any atom is 0.345 e. The second-order valence-electron chi connectivity index (χ2n) is 4.05. The average Bonchev–Trinajstić information content (AvgIpc) is 2.36. The summed E-state index contributed by atoms with van der Waals surface area (Å²) < 4.78 is 21.0. The van der Waals surface area contributed by atoms with Crippen molar-refractivity contribution in [3.8, 4) is 5.75 Å². The highest BCUT2D eigenvalue weighted by Gasteiger charge is 2.22. The molecule has 2 aromatic rings. The van der Waals surface area contributed by atoms with Gasteiger partial charge in [-0.05, 0) is 92.0 Å². The molecule has 2 aromatic carbocycles. The lowest BCUT2D eigenvalue weighted by Gasteiger charge is -2.10. The van der Waals surface area contributed by atoms with Crippen LogP contribution in [0.4, 0.5) is 4.39 Å².